The molecule has 4 nitrogen and oxygen atoms in total. The number of unbranched alkanes of at least 4 members (excludes halogenated alkanes) is 3. The second-order valence-corrected chi connectivity index (χ2v) is 8.52. The van der Waals surface area contributed by atoms with Crippen molar-refractivity contribution in [3.63, 3.8) is 0 Å². The molecule has 0 aliphatic heterocycles. The van der Waals surface area contributed by atoms with Gasteiger partial charge in [-0.25, -0.2) is 0 Å². The molecule has 1 aromatic rings. The molecular formula is C26H50BNO3. The van der Waals surface area contributed by atoms with E-state index in [2.05, 4.69) is 54.5 Å². The Labute approximate surface area is 193 Å². The minimum atomic E-state index is -2.00. The lowest BCUT2D eigenvalue weighted by atomic mass is 9.90. The van der Waals surface area contributed by atoms with Gasteiger partial charge in [-0.1, -0.05) is 46.1 Å². The summed E-state index contributed by atoms with van der Waals surface area (Å²) >= 11 is 0. The molecule has 0 aliphatic carbocycles. The van der Waals surface area contributed by atoms with E-state index in [9.17, 15) is 5.02 Å². The molecule has 5 heteroatoms. The Balaban J connectivity index is 0.000000842. The predicted molar refractivity (Wildman–Crippen MR) is 133 cm³/mol. The largest absolute Gasteiger partial charge is 0.820 e. The fourth-order valence-electron chi connectivity index (χ4n) is 4.17. The molecule has 0 spiro atoms. The van der Waals surface area contributed by atoms with Crippen LogP contribution in [0.2, 0.25) is 0 Å². The molecule has 1 rings (SSSR count). The van der Waals surface area contributed by atoms with Crippen LogP contribution in [0.3, 0.4) is 0 Å². The minimum absolute atomic E-state index is 0.572. The predicted octanol–water partition coefficient (Wildman–Crippen LogP) is 5.31. The molecule has 0 saturated heterocycles. The van der Waals surface area contributed by atoms with E-state index in [4.69, 9.17) is 9.68 Å². The summed E-state index contributed by atoms with van der Waals surface area (Å²) in [5.74, 6) is 0.572. The van der Waals surface area contributed by atoms with Crippen molar-refractivity contribution < 1.29 is 19.2 Å². The third-order valence-electron chi connectivity index (χ3n) is 6.76. The van der Waals surface area contributed by atoms with Gasteiger partial charge in [0, 0.05) is 0 Å². The van der Waals surface area contributed by atoms with Gasteiger partial charge in [0.1, 0.15) is 5.75 Å². The lowest BCUT2D eigenvalue weighted by molar-refractivity contribution is -0.921. The van der Waals surface area contributed by atoms with Crippen LogP contribution >= 0.6 is 0 Å². The molecular weight excluding hydrogens is 385 g/mol. The zero-order valence-electron chi connectivity index (χ0n) is 21.6. The second-order valence-electron chi connectivity index (χ2n) is 8.52. The van der Waals surface area contributed by atoms with Crippen LogP contribution in [0.25, 0.3) is 0 Å². The van der Waals surface area contributed by atoms with Gasteiger partial charge < -0.3 is 19.2 Å². The second kappa shape index (κ2) is 17.5. The van der Waals surface area contributed by atoms with Crippen molar-refractivity contribution in [2.75, 3.05) is 26.2 Å². The number of rotatable bonds is 15. The summed E-state index contributed by atoms with van der Waals surface area (Å²) < 4.78 is 6.40. The lowest BCUT2D eigenvalue weighted by Crippen LogP contribution is -2.47. The summed E-state index contributed by atoms with van der Waals surface area (Å²) in [5, 5.41) is 20.1. The van der Waals surface area contributed by atoms with Gasteiger partial charge in [0.05, 0.1) is 26.2 Å². The number of aryl methyl sites for hydroxylation is 1. The van der Waals surface area contributed by atoms with Crippen LogP contribution in [0.1, 0.15) is 104 Å². The zero-order valence-corrected chi connectivity index (χ0v) is 21.6. The van der Waals surface area contributed by atoms with Gasteiger partial charge in [0.2, 0.25) is 0 Å². The highest BCUT2D eigenvalue weighted by Crippen LogP contribution is 2.30. The normalized spacial score (nSPS) is 11.1. The van der Waals surface area contributed by atoms with Gasteiger partial charge in [0.15, 0.2) is 0 Å². The fraction of sp³-hybridized carbons (Fsp3) is 0.769. The number of hydrogen-bond acceptors (Lipinski definition) is 3. The van der Waals surface area contributed by atoms with Crippen molar-refractivity contribution in [2.45, 2.75) is 106 Å². The highest BCUT2D eigenvalue weighted by Gasteiger charge is 2.16. The van der Waals surface area contributed by atoms with Crippen molar-refractivity contribution in [1.82, 2.24) is 0 Å². The lowest BCUT2D eigenvalue weighted by Gasteiger charge is -2.34. The van der Waals surface area contributed by atoms with Gasteiger partial charge in [-0.05, 0) is 89.0 Å². The molecule has 1 N–H and O–H groups in total. The van der Waals surface area contributed by atoms with Gasteiger partial charge in [-0.3, -0.25) is 0 Å². The Bertz CT molecular complexity index is 557. The van der Waals surface area contributed by atoms with E-state index in [0.29, 0.717) is 5.75 Å². The van der Waals surface area contributed by atoms with Crippen LogP contribution in [0, 0.1) is 0 Å². The Kier molecular flexibility index (Phi) is 16.9. The topological polar surface area (TPSA) is 52.5 Å². The first-order chi connectivity index (χ1) is 14.9. The summed E-state index contributed by atoms with van der Waals surface area (Å²) in [4.78, 5) is 0. The number of hydrogen-bond donors (Lipinski definition) is 1. The fourth-order valence-corrected chi connectivity index (χ4v) is 4.17. The first-order valence-corrected chi connectivity index (χ1v) is 12.9. The quantitative estimate of drug-likeness (QED) is 0.300. The number of nitrogens with zero attached hydrogens (tertiary/aromatic N) is 1. The number of quaternary nitrogens is 1. The van der Waals surface area contributed by atoms with E-state index in [1.165, 1.54) is 54.6 Å². The molecule has 0 radical (unpaired) electrons. The van der Waals surface area contributed by atoms with Crippen LogP contribution in [-0.2, 0) is 19.3 Å². The van der Waals surface area contributed by atoms with Gasteiger partial charge >= 0.3 is 7.32 Å². The van der Waals surface area contributed by atoms with E-state index in [1.54, 1.807) is 0 Å². The maximum absolute atomic E-state index is 11.0. The van der Waals surface area contributed by atoms with Crippen molar-refractivity contribution in [3.05, 3.63) is 28.8 Å². The molecule has 180 valence electrons. The summed E-state index contributed by atoms with van der Waals surface area (Å²) in [7, 11) is -2.00. The van der Waals surface area contributed by atoms with E-state index in [-0.39, 0.29) is 0 Å². The summed E-state index contributed by atoms with van der Waals surface area (Å²) in [6, 6.07) is 3.94. The van der Waals surface area contributed by atoms with Crippen LogP contribution in [0.5, 0.6) is 5.75 Å². The first kappa shape index (κ1) is 30.0. The third-order valence-corrected chi connectivity index (χ3v) is 6.76. The van der Waals surface area contributed by atoms with Crippen LogP contribution in [-0.4, -0.2) is 43.0 Å². The average molecular weight is 436 g/mol. The molecule has 0 unspecified atom stereocenters. The molecule has 1 aromatic carbocycles. The maximum atomic E-state index is 11.0. The van der Waals surface area contributed by atoms with Crippen molar-refractivity contribution in [1.29, 1.82) is 0 Å². The van der Waals surface area contributed by atoms with E-state index in [1.807, 2.05) is 6.07 Å². The van der Waals surface area contributed by atoms with Gasteiger partial charge in [-0.15, -0.1) is 0 Å². The van der Waals surface area contributed by atoms with Gasteiger partial charge in [0.25, 0.3) is 0 Å². The average Bonchev–Trinajstić information content (AvgIpc) is 2.78. The highest BCUT2D eigenvalue weighted by molar-refractivity contribution is 6.31. The van der Waals surface area contributed by atoms with E-state index < -0.39 is 7.32 Å². The molecule has 0 atom stereocenters. The molecule has 0 fully saturated rings. The number of benzene rings is 1. The molecule has 0 heterocycles. The summed E-state index contributed by atoms with van der Waals surface area (Å²) in [5.41, 5.74) is 3.87. The van der Waals surface area contributed by atoms with Crippen LogP contribution in [0.4, 0.5) is 0 Å². The van der Waals surface area contributed by atoms with E-state index >= 15 is 0 Å². The first-order valence-electron chi connectivity index (χ1n) is 12.9. The smallest absolute Gasteiger partial charge is 0.415 e. The molecule has 31 heavy (non-hydrogen) atoms. The van der Waals surface area contributed by atoms with Crippen molar-refractivity contribution >= 4 is 7.32 Å². The SMILES string of the molecule is CCCCc1ccc(OB([O-])O)c(CCCC)c1CCCC.CC[N+](CC)(CC)CC. The standard InChI is InChI=1S/C18H30BO3.C8H20N/c1-4-7-10-15-13-14-18(22-19(20)21)17(12-9-6-3)16(15)11-8-5-2;1-5-9(6-2,7-3)8-4/h13-14,20H,4-12H2,1-3H3;5-8H2,1-4H3/q-1;+1. The molecule has 0 aromatic heterocycles. The van der Waals surface area contributed by atoms with Gasteiger partial charge in [-0.2, -0.15) is 0 Å². The zero-order chi connectivity index (χ0) is 23.7. The molecule has 0 aliphatic rings. The molecule has 0 bridgehead atoms. The van der Waals surface area contributed by atoms with E-state index in [0.717, 1.165) is 50.5 Å². The monoisotopic (exact) mass is 435 g/mol. The third kappa shape index (κ3) is 10.9. The Morgan fingerprint density at radius 1 is 0.742 bits per heavy atom. The Morgan fingerprint density at radius 3 is 1.58 bits per heavy atom. The van der Waals surface area contributed by atoms with Crippen LogP contribution in [0.15, 0.2) is 12.1 Å². The minimum Gasteiger partial charge on any atom is -0.820 e. The van der Waals surface area contributed by atoms with Crippen LogP contribution < -0.4 is 9.68 Å². The molecule has 0 amide bonds. The molecule has 0 saturated carbocycles. The van der Waals surface area contributed by atoms with Crippen molar-refractivity contribution in [2.24, 2.45) is 0 Å². The summed E-state index contributed by atoms with van der Waals surface area (Å²) in [6.07, 6.45) is 9.84. The Morgan fingerprint density at radius 2 is 1.19 bits per heavy atom. The summed E-state index contributed by atoms with van der Waals surface area (Å²) in [6.45, 7) is 20.8. The maximum Gasteiger partial charge on any atom is 0.415 e. The van der Waals surface area contributed by atoms with Crippen molar-refractivity contribution in [3.8, 4) is 5.75 Å². The Hall–Kier alpha value is -1.04. The highest BCUT2D eigenvalue weighted by atomic mass is 16.6.